The number of ether oxygens (including phenoxy) is 1. The van der Waals surface area contributed by atoms with Crippen LogP contribution in [0.4, 0.5) is 0 Å². The van der Waals surface area contributed by atoms with Crippen LogP contribution in [0.15, 0.2) is 0 Å². The van der Waals surface area contributed by atoms with Crippen molar-refractivity contribution >= 4 is 5.91 Å². The van der Waals surface area contributed by atoms with Crippen molar-refractivity contribution in [1.82, 2.24) is 9.80 Å². The Balaban J connectivity index is 1.69. The van der Waals surface area contributed by atoms with Crippen molar-refractivity contribution in [3.8, 4) is 0 Å². The minimum Gasteiger partial charge on any atom is -0.392 e. The maximum absolute atomic E-state index is 12.0. The number of piperidine rings is 1. The van der Waals surface area contributed by atoms with E-state index in [-0.39, 0.29) is 12.0 Å². The number of hydrogen-bond acceptors (Lipinski definition) is 4. The first-order chi connectivity index (χ1) is 8.66. The van der Waals surface area contributed by atoms with Crippen LogP contribution in [0.1, 0.15) is 19.8 Å². The molecule has 2 atom stereocenters. The standard InChI is InChI=1S/C13H24N2O3/c1-11-2-4-14(10-12(11)16)5-3-13(17)15-6-8-18-9-7-15/h11-12,16H,2-10H2,1H3. The molecule has 2 fully saturated rings. The summed E-state index contributed by atoms with van der Waals surface area (Å²) in [5, 5.41) is 9.81. The molecule has 2 heterocycles. The molecule has 0 radical (unpaired) electrons. The number of morpholine rings is 1. The predicted octanol–water partition coefficient (Wildman–Crippen LogP) is -0.0620. The molecule has 0 bridgehead atoms. The van der Waals surface area contributed by atoms with E-state index in [1.165, 1.54) is 0 Å². The van der Waals surface area contributed by atoms with E-state index in [4.69, 9.17) is 4.74 Å². The van der Waals surface area contributed by atoms with E-state index < -0.39 is 0 Å². The van der Waals surface area contributed by atoms with Gasteiger partial charge in [-0.15, -0.1) is 0 Å². The molecule has 0 aliphatic carbocycles. The normalized spacial score (nSPS) is 30.4. The van der Waals surface area contributed by atoms with Crippen molar-refractivity contribution < 1.29 is 14.6 Å². The summed E-state index contributed by atoms with van der Waals surface area (Å²) < 4.78 is 5.23. The third-order valence-electron chi connectivity index (χ3n) is 4.01. The quantitative estimate of drug-likeness (QED) is 0.768. The Morgan fingerprint density at radius 1 is 1.33 bits per heavy atom. The van der Waals surface area contributed by atoms with Crippen LogP contribution in [0.2, 0.25) is 0 Å². The minimum absolute atomic E-state index is 0.214. The van der Waals surface area contributed by atoms with Gasteiger partial charge in [-0.2, -0.15) is 0 Å². The van der Waals surface area contributed by atoms with Gasteiger partial charge in [-0.1, -0.05) is 6.92 Å². The first-order valence-corrected chi connectivity index (χ1v) is 6.93. The second-order valence-corrected chi connectivity index (χ2v) is 5.38. The van der Waals surface area contributed by atoms with Gasteiger partial charge in [0.25, 0.3) is 0 Å². The largest absolute Gasteiger partial charge is 0.392 e. The number of likely N-dealkylation sites (tertiary alicyclic amines) is 1. The Morgan fingerprint density at radius 2 is 2.06 bits per heavy atom. The summed E-state index contributed by atoms with van der Waals surface area (Å²) in [6.07, 6.45) is 1.34. The lowest BCUT2D eigenvalue weighted by Gasteiger charge is -2.34. The lowest BCUT2D eigenvalue weighted by atomic mass is 9.96. The van der Waals surface area contributed by atoms with E-state index in [2.05, 4.69) is 11.8 Å². The van der Waals surface area contributed by atoms with E-state index in [9.17, 15) is 9.90 Å². The molecule has 2 unspecified atom stereocenters. The highest BCUT2D eigenvalue weighted by Gasteiger charge is 2.25. The van der Waals surface area contributed by atoms with Gasteiger partial charge in [0, 0.05) is 32.6 Å². The van der Waals surface area contributed by atoms with E-state index in [1.54, 1.807) is 0 Å². The summed E-state index contributed by atoms with van der Waals surface area (Å²) in [5.74, 6) is 0.600. The van der Waals surface area contributed by atoms with Gasteiger partial charge >= 0.3 is 0 Å². The molecular weight excluding hydrogens is 232 g/mol. The number of amides is 1. The summed E-state index contributed by atoms with van der Waals surface area (Å²) in [6.45, 7) is 7.31. The summed E-state index contributed by atoms with van der Waals surface area (Å²) in [7, 11) is 0. The number of carbonyl (C=O) groups excluding carboxylic acids is 1. The fourth-order valence-corrected chi connectivity index (χ4v) is 2.54. The van der Waals surface area contributed by atoms with Crippen molar-refractivity contribution in [2.45, 2.75) is 25.9 Å². The summed E-state index contributed by atoms with van der Waals surface area (Å²) in [4.78, 5) is 16.0. The molecule has 0 aromatic heterocycles. The van der Waals surface area contributed by atoms with Crippen molar-refractivity contribution in [3.05, 3.63) is 0 Å². The molecule has 2 aliphatic rings. The van der Waals surface area contributed by atoms with Gasteiger partial charge in [-0.25, -0.2) is 0 Å². The molecule has 0 aromatic rings. The maximum atomic E-state index is 12.0. The van der Waals surface area contributed by atoms with E-state index in [0.717, 1.165) is 32.6 Å². The SMILES string of the molecule is CC1CCN(CCC(=O)N2CCOCC2)CC1O. The molecule has 104 valence electrons. The van der Waals surface area contributed by atoms with Gasteiger partial charge in [0.1, 0.15) is 0 Å². The molecule has 18 heavy (non-hydrogen) atoms. The molecule has 0 saturated carbocycles. The van der Waals surface area contributed by atoms with Crippen LogP contribution in [0.5, 0.6) is 0 Å². The Bertz CT molecular complexity index is 279. The molecule has 2 saturated heterocycles. The first kappa shape index (κ1) is 13.8. The van der Waals surface area contributed by atoms with Crippen LogP contribution < -0.4 is 0 Å². The number of β-amino-alcohol motifs (C(OH)–C–C–N with tert-alkyl or cyclic N) is 1. The average molecular weight is 256 g/mol. The third kappa shape index (κ3) is 3.67. The van der Waals surface area contributed by atoms with Crippen LogP contribution in [-0.4, -0.2) is 72.9 Å². The Kier molecular flexibility index (Phi) is 4.97. The fourth-order valence-electron chi connectivity index (χ4n) is 2.54. The zero-order valence-corrected chi connectivity index (χ0v) is 11.2. The second kappa shape index (κ2) is 6.50. The monoisotopic (exact) mass is 256 g/mol. The second-order valence-electron chi connectivity index (χ2n) is 5.38. The molecule has 0 spiro atoms. The Hall–Kier alpha value is -0.650. The smallest absolute Gasteiger partial charge is 0.224 e. The summed E-state index contributed by atoms with van der Waals surface area (Å²) in [5.41, 5.74) is 0. The van der Waals surface area contributed by atoms with E-state index in [1.807, 2.05) is 4.90 Å². The lowest BCUT2D eigenvalue weighted by Crippen LogP contribution is -2.45. The van der Waals surface area contributed by atoms with Crippen LogP contribution in [-0.2, 0) is 9.53 Å². The van der Waals surface area contributed by atoms with Gasteiger partial charge in [0.05, 0.1) is 19.3 Å². The molecule has 5 nitrogen and oxygen atoms in total. The number of hydrogen-bond donors (Lipinski definition) is 1. The number of rotatable bonds is 3. The molecule has 0 aromatic carbocycles. The highest BCUT2D eigenvalue weighted by molar-refractivity contribution is 5.76. The van der Waals surface area contributed by atoms with Crippen molar-refractivity contribution in [1.29, 1.82) is 0 Å². The Labute approximate surface area is 109 Å². The highest BCUT2D eigenvalue weighted by Crippen LogP contribution is 2.17. The van der Waals surface area contributed by atoms with Gasteiger partial charge < -0.3 is 19.6 Å². The Morgan fingerprint density at radius 3 is 2.72 bits per heavy atom. The fraction of sp³-hybridized carbons (Fsp3) is 0.923. The van der Waals surface area contributed by atoms with Crippen molar-refractivity contribution in [2.75, 3.05) is 45.9 Å². The van der Waals surface area contributed by atoms with Gasteiger partial charge in [0.15, 0.2) is 0 Å². The zero-order valence-electron chi connectivity index (χ0n) is 11.2. The number of carbonyl (C=O) groups is 1. The van der Waals surface area contributed by atoms with Crippen LogP contribution >= 0.6 is 0 Å². The van der Waals surface area contributed by atoms with Crippen LogP contribution in [0.25, 0.3) is 0 Å². The molecule has 5 heteroatoms. The predicted molar refractivity (Wildman–Crippen MR) is 68.2 cm³/mol. The molecule has 2 aliphatic heterocycles. The van der Waals surface area contributed by atoms with Crippen LogP contribution in [0.3, 0.4) is 0 Å². The average Bonchev–Trinajstić information content (AvgIpc) is 2.41. The third-order valence-corrected chi connectivity index (χ3v) is 4.01. The maximum Gasteiger partial charge on any atom is 0.224 e. The number of nitrogens with zero attached hydrogens (tertiary/aromatic N) is 2. The molecular formula is C13H24N2O3. The summed E-state index contributed by atoms with van der Waals surface area (Å²) >= 11 is 0. The topological polar surface area (TPSA) is 53.0 Å². The van der Waals surface area contributed by atoms with Crippen molar-refractivity contribution in [3.63, 3.8) is 0 Å². The lowest BCUT2D eigenvalue weighted by molar-refractivity contribution is -0.135. The zero-order chi connectivity index (χ0) is 13.0. The van der Waals surface area contributed by atoms with Crippen molar-refractivity contribution in [2.24, 2.45) is 5.92 Å². The first-order valence-electron chi connectivity index (χ1n) is 6.93. The van der Waals surface area contributed by atoms with E-state index in [0.29, 0.717) is 32.1 Å². The van der Waals surface area contributed by atoms with Gasteiger partial charge in [-0.05, 0) is 18.9 Å². The van der Waals surface area contributed by atoms with E-state index >= 15 is 0 Å². The number of aliphatic hydroxyl groups is 1. The molecule has 1 N–H and O–H groups in total. The molecule has 1 amide bonds. The van der Waals surface area contributed by atoms with Crippen LogP contribution in [0, 0.1) is 5.92 Å². The highest BCUT2D eigenvalue weighted by atomic mass is 16.5. The minimum atomic E-state index is -0.239. The molecule has 2 rings (SSSR count). The summed E-state index contributed by atoms with van der Waals surface area (Å²) in [6, 6.07) is 0. The number of aliphatic hydroxyl groups excluding tert-OH is 1. The van der Waals surface area contributed by atoms with Gasteiger partial charge in [0.2, 0.25) is 5.91 Å². The van der Waals surface area contributed by atoms with Gasteiger partial charge in [-0.3, -0.25) is 4.79 Å².